The number of aliphatic hydroxyl groups is 1. The third-order valence-electron chi connectivity index (χ3n) is 2.97. The van der Waals surface area contributed by atoms with Crippen LogP contribution in [0.4, 0.5) is 0 Å². The van der Waals surface area contributed by atoms with Crippen molar-refractivity contribution < 1.29 is 9.84 Å². The Morgan fingerprint density at radius 2 is 1.89 bits per heavy atom. The number of hydrogen-bond donors (Lipinski definition) is 2. The molecule has 0 radical (unpaired) electrons. The zero-order valence-electron chi connectivity index (χ0n) is 12.4. The van der Waals surface area contributed by atoms with Crippen LogP contribution in [0.15, 0.2) is 24.3 Å². The Labute approximate surface area is 117 Å². The molecule has 0 heterocycles. The second kappa shape index (κ2) is 8.94. The summed E-state index contributed by atoms with van der Waals surface area (Å²) < 4.78 is 5.52. The second-order valence-corrected chi connectivity index (χ2v) is 5.32. The summed E-state index contributed by atoms with van der Waals surface area (Å²) in [6.45, 7) is 8.77. The van der Waals surface area contributed by atoms with Crippen LogP contribution in [0.2, 0.25) is 0 Å². The predicted octanol–water partition coefficient (Wildman–Crippen LogP) is 3.14. The highest BCUT2D eigenvalue weighted by Gasteiger charge is 2.07. The van der Waals surface area contributed by atoms with Gasteiger partial charge in [-0.05, 0) is 43.0 Å². The van der Waals surface area contributed by atoms with Gasteiger partial charge in [0.05, 0.1) is 12.7 Å². The molecule has 1 atom stereocenters. The molecule has 1 rings (SSSR count). The Morgan fingerprint density at radius 3 is 2.47 bits per heavy atom. The van der Waals surface area contributed by atoms with Crippen molar-refractivity contribution in [3.05, 3.63) is 29.8 Å². The Bertz CT molecular complexity index is 335. The Balaban J connectivity index is 2.33. The average Bonchev–Trinajstić information content (AvgIpc) is 2.41. The zero-order valence-corrected chi connectivity index (χ0v) is 12.4. The van der Waals surface area contributed by atoms with Crippen LogP contribution in [0.5, 0.6) is 5.75 Å². The molecule has 19 heavy (non-hydrogen) atoms. The van der Waals surface area contributed by atoms with E-state index in [1.165, 1.54) is 0 Å². The Hall–Kier alpha value is -1.06. The van der Waals surface area contributed by atoms with Crippen LogP contribution in [0.3, 0.4) is 0 Å². The van der Waals surface area contributed by atoms with Crippen molar-refractivity contribution in [1.82, 2.24) is 5.32 Å². The van der Waals surface area contributed by atoms with Crippen molar-refractivity contribution in [3.8, 4) is 5.75 Å². The van der Waals surface area contributed by atoms with E-state index in [2.05, 4.69) is 26.1 Å². The molecule has 1 unspecified atom stereocenters. The van der Waals surface area contributed by atoms with Gasteiger partial charge in [0, 0.05) is 6.54 Å². The van der Waals surface area contributed by atoms with Gasteiger partial charge in [0.25, 0.3) is 0 Å². The van der Waals surface area contributed by atoms with E-state index < -0.39 is 6.10 Å². The van der Waals surface area contributed by atoms with Gasteiger partial charge >= 0.3 is 0 Å². The van der Waals surface area contributed by atoms with Crippen molar-refractivity contribution in [3.63, 3.8) is 0 Å². The van der Waals surface area contributed by atoms with E-state index in [0.29, 0.717) is 12.5 Å². The molecule has 3 nitrogen and oxygen atoms in total. The smallest absolute Gasteiger partial charge is 0.119 e. The van der Waals surface area contributed by atoms with E-state index in [1.807, 2.05) is 24.3 Å². The first-order valence-electron chi connectivity index (χ1n) is 7.25. The highest BCUT2D eigenvalue weighted by atomic mass is 16.5. The fraction of sp³-hybridized carbons (Fsp3) is 0.625. The van der Waals surface area contributed by atoms with Crippen LogP contribution in [0.25, 0.3) is 0 Å². The molecule has 0 aromatic heterocycles. The van der Waals surface area contributed by atoms with Gasteiger partial charge in [-0.1, -0.05) is 32.9 Å². The van der Waals surface area contributed by atoms with Gasteiger partial charge in [-0.2, -0.15) is 0 Å². The SMILES string of the molecule is CCCOc1ccc(C(O)CNCCC(C)C)cc1. The first kappa shape index (κ1) is 16.0. The standard InChI is InChI=1S/C16H27NO2/c1-4-11-19-15-7-5-14(6-8-15)16(18)12-17-10-9-13(2)3/h5-8,13,16-18H,4,9-12H2,1-3H3. The number of benzene rings is 1. The van der Waals surface area contributed by atoms with Crippen LogP contribution >= 0.6 is 0 Å². The van der Waals surface area contributed by atoms with E-state index in [9.17, 15) is 5.11 Å². The molecular weight excluding hydrogens is 238 g/mol. The van der Waals surface area contributed by atoms with Gasteiger partial charge in [0.2, 0.25) is 0 Å². The molecule has 1 aromatic carbocycles. The fourth-order valence-electron chi connectivity index (χ4n) is 1.75. The van der Waals surface area contributed by atoms with Crippen LogP contribution in [0.1, 0.15) is 45.3 Å². The lowest BCUT2D eigenvalue weighted by Gasteiger charge is -2.13. The van der Waals surface area contributed by atoms with Gasteiger partial charge in [-0.25, -0.2) is 0 Å². The lowest BCUT2D eigenvalue weighted by atomic mass is 10.1. The van der Waals surface area contributed by atoms with Crippen LogP contribution in [-0.2, 0) is 0 Å². The van der Waals surface area contributed by atoms with Crippen molar-refractivity contribution >= 4 is 0 Å². The minimum absolute atomic E-state index is 0.451. The maximum Gasteiger partial charge on any atom is 0.119 e. The minimum atomic E-state index is -0.451. The summed E-state index contributed by atoms with van der Waals surface area (Å²) in [7, 11) is 0. The number of rotatable bonds is 9. The molecule has 3 heteroatoms. The molecule has 1 aromatic rings. The van der Waals surface area contributed by atoms with Crippen LogP contribution < -0.4 is 10.1 Å². The van der Waals surface area contributed by atoms with Gasteiger partial charge in [0.1, 0.15) is 5.75 Å². The zero-order chi connectivity index (χ0) is 14.1. The molecule has 0 saturated carbocycles. The van der Waals surface area contributed by atoms with Gasteiger partial charge in [-0.3, -0.25) is 0 Å². The molecule has 0 aliphatic rings. The quantitative estimate of drug-likeness (QED) is 0.674. The first-order chi connectivity index (χ1) is 9.13. The maximum absolute atomic E-state index is 10.0. The van der Waals surface area contributed by atoms with Gasteiger partial charge < -0.3 is 15.2 Å². The molecule has 0 saturated heterocycles. The molecule has 0 bridgehead atoms. The molecule has 0 spiro atoms. The second-order valence-electron chi connectivity index (χ2n) is 5.32. The summed E-state index contributed by atoms with van der Waals surface area (Å²) in [5.41, 5.74) is 0.931. The van der Waals surface area contributed by atoms with Crippen molar-refractivity contribution in [2.45, 2.75) is 39.7 Å². The third kappa shape index (κ3) is 6.60. The average molecular weight is 265 g/mol. The normalized spacial score (nSPS) is 12.7. The lowest BCUT2D eigenvalue weighted by Crippen LogP contribution is -2.23. The highest BCUT2D eigenvalue weighted by Crippen LogP contribution is 2.17. The summed E-state index contributed by atoms with van der Waals surface area (Å²) in [6.07, 6.45) is 1.69. The summed E-state index contributed by atoms with van der Waals surface area (Å²) in [5, 5.41) is 13.3. The van der Waals surface area contributed by atoms with Gasteiger partial charge in [-0.15, -0.1) is 0 Å². The molecule has 0 amide bonds. The number of ether oxygens (including phenoxy) is 1. The van der Waals surface area contributed by atoms with Crippen LogP contribution in [-0.4, -0.2) is 24.8 Å². The predicted molar refractivity (Wildman–Crippen MR) is 79.5 cm³/mol. The van der Waals surface area contributed by atoms with E-state index in [4.69, 9.17) is 4.74 Å². The molecule has 108 valence electrons. The Kier molecular flexibility index (Phi) is 7.53. The minimum Gasteiger partial charge on any atom is -0.494 e. The number of nitrogens with one attached hydrogen (secondary N) is 1. The molecule has 0 aliphatic carbocycles. The topological polar surface area (TPSA) is 41.5 Å². The van der Waals surface area contributed by atoms with Crippen molar-refractivity contribution in [1.29, 1.82) is 0 Å². The van der Waals surface area contributed by atoms with Crippen molar-refractivity contribution in [2.24, 2.45) is 5.92 Å². The van der Waals surface area contributed by atoms with Crippen LogP contribution in [0, 0.1) is 5.92 Å². The largest absolute Gasteiger partial charge is 0.494 e. The van der Waals surface area contributed by atoms with Crippen molar-refractivity contribution in [2.75, 3.05) is 19.7 Å². The molecule has 2 N–H and O–H groups in total. The monoisotopic (exact) mass is 265 g/mol. The molecular formula is C16H27NO2. The summed E-state index contributed by atoms with van der Waals surface area (Å²) in [5.74, 6) is 1.56. The van der Waals surface area contributed by atoms with E-state index >= 15 is 0 Å². The maximum atomic E-state index is 10.0. The number of hydrogen-bond acceptors (Lipinski definition) is 3. The third-order valence-corrected chi connectivity index (χ3v) is 2.97. The van der Waals surface area contributed by atoms with E-state index in [0.717, 1.165) is 37.3 Å². The Morgan fingerprint density at radius 1 is 1.21 bits per heavy atom. The van der Waals surface area contributed by atoms with E-state index in [1.54, 1.807) is 0 Å². The lowest BCUT2D eigenvalue weighted by molar-refractivity contribution is 0.174. The number of aliphatic hydroxyl groups excluding tert-OH is 1. The molecule has 0 fully saturated rings. The highest BCUT2D eigenvalue weighted by molar-refractivity contribution is 5.28. The molecule has 0 aliphatic heterocycles. The van der Waals surface area contributed by atoms with Gasteiger partial charge in [0.15, 0.2) is 0 Å². The summed E-state index contributed by atoms with van der Waals surface area (Å²) in [6, 6.07) is 7.70. The van der Waals surface area contributed by atoms with E-state index in [-0.39, 0.29) is 0 Å². The first-order valence-corrected chi connectivity index (χ1v) is 7.25. The summed E-state index contributed by atoms with van der Waals surface area (Å²) >= 11 is 0. The fourth-order valence-corrected chi connectivity index (χ4v) is 1.75. The summed E-state index contributed by atoms with van der Waals surface area (Å²) in [4.78, 5) is 0.